The number of hydrogen-bond acceptors (Lipinski definition) is 5. The molecule has 0 radical (unpaired) electrons. The molecule has 5 rings (SSSR count). The van der Waals surface area contributed by atoms with Crippen LogP contribution in [0, 0.1) is 18.8 Å². The maximum absolute atomic E-state index is 13.2. The van der Waals surface area contributed by atoms with Crippen LogP contribution in [0.25, 0.3) is 11.1 Å². The van der Waals surface area contributed by atoms with Gasteiger partial charge >= 0.3 is 0 Å². The molecule has 4 atom stereocenters. The van der Waals surface area contributed by atoms with Crippen LogP contribution in [0.5, 0.6) is 0 Å². The van der Waals surface area contributed by atoms with E-state index in [4.69, 9.17) is 9.15 Å². The summed E-state index contributed by atoms with van der Waals surface area (Å²) in [6.45, 7) is 5.67. The largest absolute Gasteiger partial charge is 0.441 e. The molecule has 3 fully saturated rings. The molecule has 3 aliphatic heterocycles. The Labute approximate surface area is 138 Å². The molecule has 2 amide bonds. The molecule has 3 aliphatic rings. The van der Waals surface area contributed by atoms with Crippen LogP contribution >= 0.6 is 0 Å². The molecule has 3 saturated heterocycles. The number of rotatable bonds is 1. The highest BCUT2D eigenvalue weighted by atomic mass is 16.5. The smallest absolute Gasteiger partial charge is 0.240 e. The van der Waals surface area contributed by atoms with Crippen LogP contribution in [-0.2, 0) is 14.3 Å². The first-order valence-corrected chi connectivity index (χ1v) is 8.28. The van der Waals surface area contributed by atoms with Crippen LogP contribution in [0.2, 0.25) is 0 Å². The lowest BCUT2D eigenvalue weighted by atomic mass is 9.69. The summed E-state index contributed by atoms with van der Waals surface area (Å²) in [7, 11) is 0. The third-order valence-electron chi connectivity index (χ3n) is 5.95. The number of amides is 2. The van der Waals surface area contributed by atoms with E-state index in [0.29, 0.717) is 22.7 Å². The van der Waals surface area contributed by atoms with Crippen LogP contribution in [0.4, 0.5) is 5.69 Å². The lowest BCUT2D eigenvalue weighted by Crippen LogP contribution is -2.40. The Hall–Kier alpha value is -2.21. The molecule has 24 heavy (non-hydrogen) atoms. The quantitative estimate of drug-likeness (QED) is 0.753. The summed E-state index contributed by atoms with van der Waals surface area (Å²) in [6, 6.07) is 5.33. The number of para-hydroxylation sites is 1. The number of hydrogen-bond donors (Lipinski definition) is 0. The molecule has 0 aliphatic carbocycles. The summed E-state index contributed by atoms with van der Waals surface area (Å²) >= 11 is 0. The highest BCUT2D eigenvalue weighted by Crippen LogP contribution is 2.61. The van der Waals surface area contributed by atoms with Gasteiger partial charge in [0, 0.05) is 6.92 Å². The number of aromatic nitrogens is 1. The Morgan fingerprint density at radius 1 is 1.12 bits per heavy atom. The number of carbonyl (C=O) groups is 2. The number of imide groups is 1. The third kappa shape index (κ3) is 1.48. The number of fused-ring (bicyclic) bond motifs is 6. The fourth-order valence-corrected chi connectivity index (χ4v) is 4.93. The molecule has 2 unspecified atom stereocenters. The van der Waals surface area contributed by atoms with Crippen LogP contribution in [0.15, 0.2) is 22.6 Å². The minimum atomic E-state index is -0.547. The molecular weight excluding hydrogens is 308 g/mol. The fraction of sp³-hybridized carbons (Fsp3) is 0.500. The zero-order valence-corrected chi connectivity index (χ0v) is 13.8. The normalized spacial score (nSPS) is 37.7. The number of oxazole rings is 1. The van der Waals surface area contributed by atoms with Crippen molar-refractivity contribution in [2.45, 2.75) is 44.8 Å². The van der Waals surface area contributed by atoms with Gasteiger partial charge in [-0.25, -0.2) is 9.88 Å². The van der Waals surface area contributed by atoms with Crippen molar-refractivity contribution in [2.24, 2.45) is 11.8 Å². The molecule has 1 aromatic carbocycles. The number of aryl methyl sites for hydroxylation is 1. The lowest BCUT2D eigenvalue weighted by molar-refractivity contribution is -0.129. The third-order valence-corrected chi connectivity index (χ3v) is 5.95. The van der Waals surface area contributed by atoms with E-state index in [0.717, 1.165) is 12.8 Å². The van der Waals surface area contributed by atoms with Crippen molar-refractivity contribution in [3.63, 3.8) is 0 Å². The van der Waals surface area contributed by atoms with Crippen molar-refractivity contribution >= 4 is 28.6 Å². The maximum atomic E-state index is 13.2. The molecule has 0 spiro atoms. The molecule has 0 N–H and O–H groups in total. The monoisotopic (exact) mass is 326 g/mol. The zero-order valence-electron chi connectivity index (χ0n) is 13.8. The van der Waals surface area contributed by atoms with Crippen molar-refractivity contribution in [3.05, 3.63) is 24.1 Å². The molecule has 124 valence electrons. The van der Waals surface area contributed by atoms with Gasteiger partial charge in [-0.1, -0.05) is 6.07 Å². The van der Waals surface area contributed by atoms with Crippen LogP contribution in [-0.4, -0.2) is 28.0 Å². The van der Waals surface area contributed by atoms with Crippen LogP contribution in [0.1, 0.15) is 32.6 Å². The van der Waals surface area contributed by atoms with Crippen molar-refractivity contribution in [1.82, 2.24) is 4.98 Å². The van der Waals surface area contributed by atoms with Gasteiger partial charge in [-0.3, -0.25) is 9.59 Å². The van der Waals surface area contributed by atoms with E-state index in [2.05, 4.69) is 4.98 Å². The van der Waals surface area contributed by atoms with Gasteiger partial charge in [0.25, 0.3) is 0 Å². The van der Waals surface area contributed by atoms with Gasteiger partial charge in [0.1, 0.15) is 5.52 Å². The van der Waals surface area contributed by atoms with E-state index in [1.807, 2.05) is 13.8 Å². The molecule has 2 aromatic rings. The van der Waals surface area contributed by atoms with Crippen molar-refractivity contribution in [2.75, 3.05) is 4.90 Å². The summed E-state index contributed by atoms with van der Waals surface area (Å²) in [4.78, 5) is 32.0. The van der Waals surface area contributed by atoms with Gasteiger partial charge in [-0.15, -0.1) is 0 Å². The predicted octanol–water partition coefficient (Wildman–Crippen LogP) is 2.58. The van der Waals surface area contributed by atoms with E-state index < -0.39 is 23.0 Å². The average Bonchev–Trinajstić information content (AvgIpc) is 3.17. The molecular formula is C18H18N2O4. The van der Waals surface area contributed by atoms with Crippen LogP contribution in [0.3, 0.4) is 0 Å². The Morgan fingerprint density at radius 3 is 2.38 bits per heavy atom. The Bertz CT molecular complexity index is 885. The van der Waals surface area contributed by atoms with Gasteiger partial charge in [0.2, 0.25) is 11.8 Å². The van der Waals surface area contributed by atoms with Gasteiger partial charge in [-0.2, -0.15) is 0 Å². The number of nitrogens with zero attached hydrogens (tertiary/aromatic N) is 2. The highest BCUT2D eigenvalue weighted by Gasteiger charge is 2.72. The fourth-order valence-electron chi connectivity index (χ4n) is 4.93. The first-order valence-electron chi connectivity index (χ1n) is 8.28. The first-order chi connectivity index (χ1) is 11.3. The molecule has 1 aromatic heterocycles. The first kappa shape index (κ1) is 14.2. The van der Waals surface area contributed by atoms with Gasteiger partial charge in [0.05, 0.1) is 28.7 Å². The topological polar surface area (TPSA) is 72.6 Å². The SMILES string of the molecule is Cc1nc2c(N3C(=O)[C@@H]4[C@H](C3=O)C3(C)CCC4(C)O3)cccc2o1. The Balaban J connectivity index is 1.68. The maximum Gasteiger partial charge on any atom is 0.240 e. The van der Waals surface area contributed by atoms with E-state index in [-0.39, 0.29) is 11.8 Å². The average molecular weight is 326 g/mol. The lowest BCUT2D eigenvalue weighted by Gasteiger charge is -2.27. The number of carbonyl (C=O) groups excluding carboxylic acids is 2. The van der Waals surface area contributed by atoms with Crippen LogP contribution < -0.4 is 4.90 Å². The highest BCUT2D eigenvalue weighted by molar-refractivity contribution is 6.25. The standard InChI is InChI=1S/C18H18N2O4/c1-9-19-14-10(5-4-6-11(14)23-9)20-15(21)12-13(16(20)22)18(3)8-7-17(12,2)24-18/h4-6,12-13H,7-8H2,1-3H3/t12-,13+,17?,18?. The molecule has 6 nitrogen and oxygen atoms in total. The summed E-state index contributed by atoms with van der Waals surface area (Å²) < 4.78 is 11.7. The summed E-state index contributed by atoms with van der Waals surface area (Å²) in [5.41, 5.74) is 0.559. The Morgan fingerprint density at radius 2 is 1.75 bits per heavy atom. The summed E-state index contributed by atoms with van der Waals surface area (Å²) in [5.74, 6) is -0.661. The minimum absolute atomic E-state index is 0.177. The van der Waals surface area contributed by atoms with Gasteiger partial charge in [0.15, 0.2) is 11.5 Å². The predicted molar refractivity (Wildman–Crippen MR) is 85.3 cm³/mol. The zero-order chi connectivity index (χ0) is 16.9. The molecule has 2 bridgehead atoms. The molecule has 6 heteroatoms. The number of benzene rings is 1. The summed E-state index contributed by atoms with van der Waals surface area (Å²) in [6.07, 6.45) is 1.62. The Kier molecular flexibility index (Phi) is 2.39. The van der Waals surface area contributed by atoms with Gasteiger partial charge in [-0.05, 0) is 38.8 Å². The number of anilines is 1. The van der Waals surface area contributed by atoms with E-state index in [9.17, 15) is 9.59 Å². The van der Waals surface area contributed by atoms with E-state index in [1.54, 1.807) is 25.1 Å². The minimum Gasteiger partial charge on any atom is -0.441 e. The van der Waals surface area contributed by atoms with Crippen molar-refractivity contribution < 1.29 is 18.7 Å². The second-order valence-electron chi connectivity index (χ2n) is 7.55. The molecule has 4 heterocycles. The van der Waals surface area contributed by atoms with Crippen molar-refractivity contribution in [1.29, 1.82) is 0 Å². The molecule has 0 saturated carbocycles. The van der Waals surface area contributed by atoms with E-state index in [1.165, 1.54) is 4.90 Å². The second kappa shape index (κ2) is 4.06. The van der Waals surface area contributed by atoms with Gasteiger partial charge < -0.3 is 9.15 Å². The van der Waals surface area contributed by atoms with E-state index >= 15 is 0 Å². The van der Waals surface area contributed by atoms with Crippen molar-refractivity contribution in [3.8, 4) is 0 Å². The number of ether oxygens (including phenoxy) is 1. The summed E-state index contributed by atoms with van der Waals surface area (Å²) in [5, 5.41) is 0. The second-order valence-corrected chi connectivity index (χ2v) is 7.55.